The molecule has 0 aliphatic rings. The first kappa shape index (κ1) is 19.5. The molecule has 0 radical (unpaired) electrons. The van der Waals surface area contributed by atoms with Gasteiger partial charge in [-0.1, -0.05) is 30.3 Å². The molecular weight excluding hydrogens is 380 g/mol. The van der Waals surface area contributed by atoms with Gasteiger partial charge in [0.05, 0.1) is 4.90 Å². The molecule has 1 unspecified atom stereocenters. The van der Waals surface area contributed by atoms with Crippen molar-refractivity contribution in [3.63, 3.8) is 0 Å². The van der Waals surface area contributed by atoms with Crippen LogP contribution >= 0.6 is 11.3 Å². The zero-order valence-electron chi connectivity index (χ0n) is 15.0. The van der Waals surface area contributed by atoms with Gasteiger partial charge in [-0.05, 0) is 58.6 Å². The average molecular weight is 403 g/mol. The van der Waals surface area contributed by atoms with Crippen LogP contribution in [0.3, 0.4) is 0 Å². The smallest absolute Gasteiger partial charge is 0.240 e. The number of fused-ring (bicyclic) bond motifs is 1. The fourth-order valence-electron chi connectivity index (χ4n) is 2.88. The molecule has 0 fully saturated rings. The van der Waals surface area contributed by atoms with Gasteiger partial charge in [0.2, 0.25) is 15.9 Å². The van der Waals surface area contributed by atoms with Crippen molar-refractivity contribution in [3.05, 3.63) is 64.9 Å². The highest BCUT2D eigenvalue weighted by molar-refractivity contribution is 7.89. The summed E-state index contributed by atoms with van der Waals surface area (Å²) < 4.78 is 27.4. The second-order valence-corrected chi connectivity index (χ2v) is 9.01. The number of carbonyl (C=O) groups excluding carboxylic acids is 1. The third-order valence-corrected chi connectivity index (χ3v) is 6.40. The Labute approximate surface area is 163 Å². The van der Waals surface area contributed by atoms with Crippen molar-refractivity contribution in [1.29, 1.82) is 0 Å². The number of benzene rings is 2. The summed E-state index contributed by atoms with van der Waals surface area (Å²) in [5.74, 6) is -0.168. The summed E-state index contributed by atoms with van der Waals surface area (Å²) in [5.41, 5.74) is 1.19. The molecule has 7 heteroatoms. The van der Waals surface area contributed by atoms with Crippen LogP contribution in [-0.4, -0.2) is 26.9 Å². The molecule has 0 saturated heterocycles. The Balaban J connectivity index is 1.51. The van der Waals surface area contributed by atoms with Crippen LogP contribution in [0.5, 0.6) is 0 Å². The minimum atomic E-state index is -3.65. The van der Waals surface area contributed by atoms with Gasteiger partial charge < -0.3 is 5.32 Å². The number of amides is 1. The maximum absolute atomic E-state index is 12.4. The fourth-order valence-corrected chi connectivity index (χ4v) is 4.63. The lowest BCUT2D eigenvalue weighted by atomic mass is 10.1. The van der Waals surface area contributed by atoms with E-state index in [2.05, 4.69) is 15.4 Å². The quantitative estimate of drug-likeness (QED) is 0.607. The van der Waals surface area contributed by atoms with Gasteiger partial charge in [0.25, 0.3) is 0 Å². The van der Waals surface area contributed by atoms with Crippen molar-refractivity contribution >= 4 is 38.0 Å². The monoisotopic (exact) mass is 402 g/mol. The topological polar surface area (TPSA) is 75.3 Å². The number of rotatable bonds is 8. The molecule has 5 nitrogen and oxygen atoms in total. The van der Waals surface area contributed by atoms with E-state index in [9.17, 15) is 13.2 Å². The zero-order chi connectivity index (χ0) is 19.3. The fraction of sp³-hybridized carbons (Fsp3) is 0.250. The second-order valence-electron chi connectivity index (χ2n) is 6.46. The Morgan fingerprint density at radius 2 is 1.89 bits per heavy atom. The van der Waals surface area contributed by atoms with Crippen LogP contribution in [0.1, 0.15) is 18.9 Å². The van der Waals surface area contributed by atoms with Gasteiger partial charge in [-0.3, -0.25) is 4.79 Å². The van der Waals surface area contributed by atoms with Gasteiger partial charge in [0, 0.05) is 19.0 Å². The second kappa shape index (κ2) is 8.65. The van der Waals surface area contributed by atoms with Crippen LogP contribution in [0.4, 0.5) is 0 Å². The molecule has 1 atom stereocenters. The van der Waals surface area contributed by atoms with E-state index >= 15 is 0 Å². The van der Waals surface area contributed by atoms with Crippen molar-refractivity contribution in [2.45, 2.75) is 30.7 Å². The van der Waals surface area contributed by atoms with Crippen LogP contribution in [-0.2, 0) is 21.2 Å². The van der Waals surface area contributed by atoms with Crippen molar-refractivity contribution in [1.82, 2.24) is 10.0 Å². The molecule has 1 heterocycles. The van der Waals surface area contributed by atoms with E-state index in [4.69, 9.17) is 0 Å². The summed E-state index contributed by atoms with van der Waals surface area (Å²) >= 11 is 1.63. The molecule has 2 aromatic carbocycles. The van der Waals surface area contributed by atoms with Gasteiger partial charge in [-0.25, -0.2) is 13.1 Å². The first-order chi connectivity index (χ1) is 12.9. The third kappa shape index (κ3) is 5.38. The normalized spacial score (nSPS) is 12.8. The average Bonchev–Trinajstić information content (AvgIpc) is 3.13. The molecule has 142 valence electrons. The highest BCUT2D eigenvalue weighted by Gasteiger charge is 2.15. The maximum Gasteiger partial charge on any atom is 0.240 e. The summed E-state index contributed by atoms with van der Waals surface area (Å²) in [6.07, 6.45) is 0.860. The largest absolute Gasteiger partial charge is 0.353 e. The Kier molecular flexibility index (Phi) is 6.26. The van der Waals surface area contributed by atoms with E-state index < -0.39 is 10.0 Å². The Morgan fingerprint density at radius 1 is 1.11 bits per heavy atom. The number of carbonyl (C=O) groups is 1. The first-order valence-corrected chi connectivity index (χ1v) is 11.2. The summed E-state index contributed by atoms with van der Waals surface area (Å²) in [6.45, 7) is 2.00. The van der Waals surface area contributed by atoms with E-state index in [0.29, 0.717) is 0 Å². The predicted octanol–water partition coefficient (Wildman–Crippen LogP) is 3.32. The molecule has 27 heavy (non-hydrogen) atoms. The van der Waals surface area contributed by atoms with Gasteiger partial charge in [0.15, 0.2) is 0 Å². The van der Waals surface area contributed by atoms with E-state index in [1.165, 1.54) is 5.56 Å². The predicted molar refractivity (Wildman–Crippen MR) is 109 cm³/mol. The maximum atomic E-state index is 12.4. The highest BCUT2D eigenvalue weighted by atomic mass is 32.2. The van der Waals surface area contributed by atoms with Crippen LogP contribution in [0, 0.1) is 0 Å². The van der Waals surface area contributed by atoms with Gasteiger partial charge in [-0.15, -0.1) is 0 Å². The Hall–Kier alpha value is -2.22. The van der Waals surface area contributed by atoms with E-state index in [1.807, 2.05) is 42.6 Å². The molecule has 0 saturated carbocycles. The standard InChI is InChI=1S/C20H22N2O3S2/c1-15(12-16-9-11-26-14-16)22-20(23)8-10-21-27(24,25)19-7-6-17-4-2-3-5-18(17)13-19/h2-7,9,11,13-15,21H,8,10,12H2,1H3,(H,22,23). The molecule has 3 aromatic rings. The van der Waals surface area contributed by atoms with Crippen molar-refractivity contribution in [2.75, 3.05) is 6.54 Å². The number of hydrogen-bond acceptors (Lipinski definition) is 4. The van der Waals surface area contributed by atoms with Gasteiger partial charge in [-0.2, -0.15) is 11.3 Å². The number of thiophene rings is 1. The first-order valence-electron chi connectivity index (χ1n) is 8.73. The highest BCUT2D eigenvalue weighted by Crippen LogP contribution is 2.18. The Bertz CT molecular complexity index is 1010. The molecule has 1 aromatic heterocycles. The van der Waals surface area contributed by atoms with Gasteiger partial charge in [0.1, 0.15) is 0 Å². The molecule has 0 aliphatic heterocycles. The van der Waals surface area contributed by atoms with E-state index in [0.717, 1.165) is 17.2 Å². The SMILES string of the molecule is CC(Cc1ccsc1)NC(=O)CCNS(=O)(=O)c1ccc2ccccc2c1. The lowest BCUT2D eigenvalue weighted by Crippen LogP contribution is -2.36. The molecule has 0 spiro atoms. The molecule has 2 N–H and O–H groups in total. The number of nitrogens with one attached hydrogen (secondary N) is 2. The van der Waals surface area contributed by atoms with E-state index in [-0.39, 0.29) is 29.8 Å². The van der Waals surface area contributed by atoms with Crippen LogP contribution in [0.2, 0.25) is 0 Å². The molecule has 0 bridgehead atoms. The number of hydrogen-bond donors (Lipinski definition) is 2. The molecule has 0 aliphatic carbocycles. The van der Waals surface area contributed by atoms with Crippen LogP contribution in [0.25, 0.3) is 10.8 Å². The summed E-state index contributed by atoms with van der Waals surface area (Å²) in [4.78, 5) is 12.2. The minimum Gasteiger partial charge on any atom is -0.353 e. The molecular formula is C20H22N2O3S2. The Morgan fingerprint density at radius 3 is 2.63 bits per heavy atom. The van der Waals surface area contributed by atoms with Gasteiger partial charge >= 0.3 is 0 Å². The van der Waals surface area contributed by atoms with Crippen molar-refractivity contribution in [3.8, 4) is 0 Å². The molecule has 1 amide bonds. The summed E-state index contributed by atoms with van der Waals surface area (Å²) in [6, 6.07) is 14.6. The zero-order valence-corrected chi connectivity index (χ0v) is 16.6. The van der Waals surface area contributed by atoms with Crippen molar-refractivity contribution < 1.29 is 13.2 Å². The van der Waals surface area contributed by atoms with Crippen LogP contribution in [0.15, 0.2) is 64.2 Å². The van der Waals surface area contributed by atoms with E-state index in [1.54, 1.807) is 29.5 Å². The van der Waals surface area contributed by atoms with Crippen LogP contribution < -0.4 is 10.0 Å². The van der Waals surface area contributed by atoms with Crippen molar-refractivity contribution in [2.24, 2.45) is 0 Å². The molecule has 3 rings (SSSR count). The summed E-state index contributed by atoms with van der Waals surface area (Å²) in [7, 11) is -3.65. The summed E-state index contributed by atoms with van der Waals surface area (Å²) in [5, 5.41) is 8.80. The number of sulfonamides is 1. The lowest BCUT2D eigenvalue weighted by molar-refractivity contribution is -0.121. The minimum absolute atomic E-state index is 0.00388. The third-order valence-electron chi connectivity index (χ3n) is 4.20. The lowest BCUT2D eigenvalue weighted by Gasteiger charge is -2.13.